The summed E-state index contributed by atoms with van der Waals surface area (Å²) in [5.74, 6) is -3.62. The van der Waals surface area contributed by atoms with Crippen molar-refractivity contribution in [3.05, 3.63) is 34.9 Å². The van der Waals surface area contributed by atoms with Crippen molar-refractivity contribution >= 4 is 11.9 Å². The number of aliphatic hydroxyl groups is 1. The lowest BCUT2D eigenvalue weighted by atomic mass is 9.99. The Morgan fingerprint density at radius 2 is 1.95 bits per heavy atom. The highest BCUT2D eigenvalue weighted by Crippen LogP contribution is 2.20. The van der Waals surface area contributed by atoms with Crippen LogP contribution in [0.15, 0.2) is 18.2 Å². The lowest BCUT2D eigenvalue weighted by Crippen LogP contribution is -2.31. The monoisotopic (exact) mass is 266 g/mol. The van der Waals surface area contributed by atoms with E-state index in [1.807, 2.05) is 0 Å². The number of carboxylic acid groups (broad SMARTS) is 1. The predicted octanol–water partition coefficient (Wildman–Crippen LogP) is 2.22. The fourth-order valence-corrected chi connectivity index (χ4v) is 1.64. The van der Waals surface area contributed by atoms with Crippen LogP contribution in [0.25, 0.3) is 0 Å². The van der Waals surface area contributed by atoms with Crippen molar-refractivity contribution in [3.8, 4) is 0 Å². The van der Waals surface area contributed by atoms with Crippen molar-refractivity contribution in [1.82, 2.24) is 0 Å². The van der Waals surface area contributed by atoms with Crippen LogP contribution >= 0.6 is 0 Å². The average molecular weight is 266 g/mol. The van der Waals surface area contributed by atoms with E-state index in [2.05, 4.69) is 0 Å². The van der Waals surface area contributed by atoms with Crippen molar-refractivity contribution in [2.75, 3.05) is 0 Å². The maximum atomic E-state index is 12.0. The third kappa shape index (κ3) is 3.54. The standard InChI is InChI=1S/C14H18O5/c1-4-9-7-6-8-10(11(9)12(15)16)13(17)19-14(3,18)5-2/h6-8,18H,4-5H2,1-3H3,(H,15,16). The van der Waals surface area contributed by atoms with Crippen molar-refractivity contribution in [1.29, 1.82) is 0 Å². The average Bonchev–Trinajstić information content (AvgIpc) is 2.37. The van der Waals surface area contributed by atoms with Gasteiger partial charge < -0.3 is 14.9 Å². The summed E-state index contributed by atoms with van der Waals surface area (Å²) < 4.78 is 4.92. The molecule has 0 aliphatic rings. The lowest BCUT2D eigenvalue weighted by Gasteiger charge is -2.22. The van der Waals surface area contributed by atoms with Gasteiger partial charge in [-0.1, -0.05) is 26.0 Å². The molecule has 1 rings (SSSR count). The number of carbonyl (C=O) groups is 2. The summed E-state index contributed by atoms with van der Waals surface area (Å²) in [7, 11) is 0. The Balaban J connectivity index is 3.20. The number of carboxylic acids is 1. The molecule has 1 aromatic rings. The predicted molar refractivity (Wildman–Crippen MR) is 69.1 cm³/mol. The number of aromatic carboxylic acids is 1. The molecule has 2 N–H and O–H groups in total. The highest BCUT2D eigenvalue weighted by Gasteiger charge is 2.27. The van der Waals surface area contributed by atoms with Crippen LogP contribution in [-0.4, -0.2) is 27.9 Å². The van der Waals surface area contributed by atoms with Gasteiger partial charge in [-0.3, -0.25) is 0 Å². The van der Waals surface area contributed by atoms with Crippen LogP contribution < -0.4 is 0 Å². The maximum absolute atomic E-state index is 12.0. The second kappa shape index (κ2) is 5.84. The Morgan fingerprint density at radius 1 is 1.32 bits per heavy atom. The first-order valence-electron chi connectivity index (χ1n) is 6.13. The van der Waals surface area contributed by atoms with Gasteiger partial charge in [0.05, 0.1) is 11.1 Å². The quantitative estimate of drug-likeness (QED) is 0.630. The lowest BCUT2D eigenvalue weighted by molar-refractivity contribution is -0.152. The molecule has 0 radical (unpaired) electrons. The van der Waals surface area contributed by atoms with E-state index in [9.17, 15) is 19.8 Å². The molecule has 0 bridgehead atoms. The van der Waals surface area contributed by atoms with E-state index in [1.165, 1.54) is 13.0 Å². The van der Waals surface area contributed by atoms with Crippen LogP contribution in [0.2, 0.25) is 0 Å². The molecule has 0 aliphatic heterocycles. The Kier molecular flexibility index (Phi) is 4.67. The van der Waals surface area contributed by atoms with Gasteiger partial charge in [-0.2, -0.15) is 0 Å². The summed E-state index contributed by atoms with van der Waals surface area (Å²) in [5.41, 5.74) is 0.445. The Bertz CT molecular complexity index is 491. The van der Waals surface area contributed by atoms with Gasteiger partial charge in [-0.15, -0.1) is 0 Å². The maximum Gasteiger partial charge on any atom is 0.341 e. The first kappa shape index (κ1) is 15.2. The molecule has 1 aromatic carbocycles. The third-order valence-electron chi connectivity index (χ3n) is 2.93. The molecule has 0 fully saturated rings. The van der Waals surface area contributed by atoms with E-state index >= 15 is 0 Å². The zero-order valence-corrected chi connectivity index (χ0v) is 11.3. The summed E-state index contributed by atoms with van der Waals surface area (Å²) in [6, 6.07) is 4.64. The van der Waals surface area contributed by atoms with Crippen LogP contribution in [-0.2, 0) is 11.2 Å². The van der Waals surface area contributed by atoms with E-state index in [0.29, 0.717) is 12.0 Å². The number of carbonyl (C=O) groups excluding carboxylic acids is 1. The largest absolute Gasteiger partial charge is 0.478 e. The van der Waals surface area contributed by atoms with Crippen LogP contribution in [0.1, 0.15) is 53.5 Å². The summed E-state index contributed by atoms with van der Waals surface area (Å²) in [5, 5.41) is 18.9. The molecule has 1 atom stereocenters. The first-order chi connectivity index (χ1) is 8.82. The molecule has 0 saturated heterocycles. The normalized spacial score (nSPS) is 13.7. The van der Waals surface area contributed by atoms with Crippen molar-refractivity contribution in [2.24, 2.45) is 0 Å². The second-order valence-electron chi connectivity index (χ2n) is 4.42. The van der Waals surface area contributed by atoms with Gasteiger partial charge in [0.25, 0.3) is 0 Å². The van der Waals surface area contributed by atoms with Crippen molar-refractivity contribution < 1.29 is 24.5 Å². The van der Waals surface area contributed by atoms with Crippen LogP contribution in [0, 0.1) is 0 Å². The molecule has 5 nitrogen and oxygen atoms in total. The van der Waals surface area contributed by atoms with E-state index in [4.69, 9.17) is 4.74 Å². The van der Waals surface area contributed by atoms with Crippen LogP contribution in [0.4, 0.5) is 0 Å². The smallest absolute Gasteiger partial charge is 0.341 e. The molecule has 1 unspecified atom stereocenters. The minimum Gasteiger partial charge on any atom is -0.478 e. The molecule has 104 valence electrons. The van der Waals surface area contributed by atoms with Crippen LogP contribution in [0.5, 0.6) is 0 Å². The Hall–Kier alpha value is -1.88. The van der Waals surface area contributed by atoms with Crippen molar-refractivity contribution in [3.63, 3.8) is 0 Å². The molecule has 19 heavy (non-hydrogen) atoms. The summed E-state index contributed by atoms with van der Waals surface area (Å²) in [4.78, 5) is 23.2. The number of rotatable bonds is 5. The first-order valence-corrected chi connectivity index (χ1v) is 6.13. The van der Waals surface area contributed by atoms with E-state index in [1.54, 1.807) is 26.0 Å². The molecule has 5 heteroatoms. The second-order valence-corrected chi connectivity index (χ2v) is 4.42. The van der Waals surface area contributed by atoms with Gasteiger partial charge >= 0.3 is 11.9 Å². The number of ether oxygens (including phenoxy) is 1. The van der Waals surface area contributed by atoms with Gasteiger partial charge in [-0.25, -0.2) is 9.59 Å². The Labute approximate surface area is 111 Å². The number of aryl methyl sites for hydroxylation is 1. The molecule has 0 heterocycles. The molecule has 0 spiro atoms. The Morgan fingerprint density at radius 3 is 2.42 bits per heavy atom. The van der Waals surface area contributed by atoms with Crippen LogP contribution in [0.3, 0.4) is 0 Å². The number of benzene rings is 1. The molecular weight excluding hydrogens is 248 g/mol. The minimum atomic E-state index is -1.60. The zero-order valence-electron chi connectivity index (χ0n) is 11.3. The highest BCUT2D eigenvalue weighted by molar-refractivity contribution is 6.03. The van der Waals surface area contributed by atoms with Gasteiger partial charge in [0.1, 0.15) is 0 Å². The molecule has 0 aliphatic carbocycles. The summed E-state index contributed by atoms with van der Waals surface area (Å²) in [6.07, 6.45) is 0.710. The minimum absolute atomic E-state index is 0.0411. The zero-order chi connectivity index (χ0) is 14.6. The highest BCUT2D eigenvalue weighted by atomic mass is 16.7. The SMILES string of the molecule is CCc1cccc(C(=O)OC(C)(O)CC)c1C(=O)O. The van der Waals surface area contributed by atoms with E-state index < -0.39 is 17.7 Å². The third-order valence-corrected chi connectivity index (χ3v) is 2.93. The topological polar surface area (TPSA) is 83.8 Å². The molecule has 0 aromatic heterocycles. The summed E-state index contributed by atoms with van der Waals surface area (Å²) >= 11 is 0. The molecule has 0 amide bonds. The molecule has 0 saturated carbocycles. The number of hydrogen-bond acceptors (Lipinski definition) is 4. The number of hydrogen-bond donors (Lipinski definition) is 2. The number of esters is 1. The van der Waals surface area contributed by atoms with Gasteiger partial charge in [-0.05, 0) is 18.1 Å². The van der Waals surface area contributed by atoms with Gasteiger partial charge in [0.2, 0.25) is 5.79 Å². The molecular formula is C14H18O5. The summed E-state index contributed by atoms with van der Waals surface area (Å²) in [6.45, 7) is 4.82. The van der Waals surface area contributed by atoms with E-state index in [-0.39, 0.29) is 17.5 Å². The van der Waals surface area contributed by atoms with E-state index in [0.717, 1.165) is 0 Å². The van der Waals surface area contributed by atoms with Crippen molar-refractivity contribution in [2.45, 2.75) is 39.4 Å². The van der Waals surface area contributed by atoms with Gasteiger partial charge in [0, 0.05) is 13.3 Å². The fraction of sp³-hybridized carbons (Fsp3) is 0.429. The van der Waals surface area contributed by atoms with Gasteiger partial charge in [0.15, 0.2) is 0 Å². The fourth-order valence-electron chi connectivity index (χ4n) is 1.64.